The van der Waals surface area contributed by atoms with Gasteiger partial charge in [-0.25, -0.2) is 4.79 Å². The highest BCUT2D eigenvalue weighted by Gasteiger charge is 2.18. The summed E-state index contributed by atoms with van der Waals surface area (Å²) in [7, 11) is 0. The van der Waals surface area contributed by atoms with Gasteiger partial charge in [-0.1, -0.05) is 26.0 Å². The van der Waals surface area contributed by atoms with Crippen molar-refractivity contribution in [3.05, 3.63) is 46.3 Å². The number of hydrogen-bond donors (Lipinski definition) is 2. The second-order valence-corrected chi connectivity index (χ2v) is 6.37. The van der Waals surface area contributed by atoms with Gasteiger partial charge in [0.05, 0.1) is 12.0 Å². The van der Waals surface area contributed by atoms with Crippen molar-refractivity contribution in [2.75, 3.05) is 13.2 Å². The lowest BCUT2D eigenvalue weighted by molar-refractivity contribution is 0.0917. The van der Waals surface area contributed by atoms with E-state index >= 15 is 0 Å². The van der Waals surface area contributed by atoms with Gasteiger partial charge < -0.3 is 19.8 Å². The Balaban J connectivity index is 2.07. The van der Waals surface area contributed by atoms with E-state index < -0.39 is 12.0 Å². The molecule has 0 spiro atoms. The summed E-state index contributed by atoms with van der Waals surface area (Å²) in [5.41, 5.74) is 0.0777. The van der Waals surface area contributed by atoms with Crippen molar-refractivity contribution in [2.24, 2.45) is 5.92 Å². The molecule has 1 aromatic carbocycles. The van der Waals surface area contributed by atoms with Crippen LogP contribution in [0.25, 0.3) is 11.0 Å². The molecule has 0 bridgehead atoms. The van der Waals surface area contributed by atoms with E-state index in [2.05, 4.69) is 10.6 Å². The van der Waals surface area contributed by atoms with Crippen molar-refractivity contribution in [1.82, 2.24) is 10.6 Å². The van der Waals surface area contributed by atoms with Crippen LogP contribution in [0.3, 0.4) is 0 Å². The van der Waals surface area contributed by atoms with E-state index in [9.17, 15) is 14.4 Å². The van der Waals surface area contributed by atoms with Crippen molar-refractivity contribution < 1.29 is 18.7 Å². The lowest BCUT2D eigenvalue weighted by atomic mass is 10.0. The smallest absolute Gasteiger partial charge is 0.407 e. The number of carbonyl (C=O) groups is 2. The number of benzene rings is 1. The van der Waals surface area contributed by atoms with Gasteiger partial charge in [-0.2, -0.15) is 0 Å². The topological polar surface area (TPSA) is 97.6 Å². The minimum absolute atomic E-state index is 0.0619. The molecule has 2 aromatic rings. The first-order valence-corrected chi connectivity index (χ1v) is 8.65. The Morgan fingerprint density at radius 1 is 1.23 bits per heavy atom. The molecule has 0 saturated heterocycles. The van der Waals surface area contributed by atoms with Crippen LogP contribution in [-0.4, -0.2) is 31.2 Å². The van der Waals surface area contributed by atoms with Crippen LogP contribution in [0.4, 0.5) is 4.79 Å². The van der Waals surface area contributed by atoms with Crippen molar-refractivity contribution in [3.8, 4) is 0 Å². The first-order chi connectivity index (χ1) is 12.4. The number of rotatable bonds is 7. The lowest BCUT2D eigenvalue weighted by Gasteiger charge is -2.20. The van der Waals surface area contributed by atoms with Gasteiger partial charge in [0.15, 0.2) is 11.2 Å². The van der Waals surface area contributed by atoms with Crippen LogP contribution in [0.5, 0.6) is 0 Å². The van der Waals surface area contributed by atoms with Crippen LogP contribution >= 0.6 is 0 Å². The average molecular weight is 360 g/mol. The summed E-state index contributed by atoms with van der Waals surface area (Å²) in [4.78, 5) is 36.1. The molecule has 2 amide bonds. The maximum atomic E-state index is 12.4. The Kier molecular flexibility index (Phi) is 6.77. The fourth-order valence-corrected chi connectivity index (χ4v) is 2.62. The molecule has 2 N–H and O–H groups in total. The molecule has 0 aliphatic carbocycles. The average Bonchev–Trinajstić information content (AvgIpc) is 2.59. The van der Waals surface area contributed by atoms with Gasteiger partial charge in [0.2, 0.25) is 0 Å². The maximum absolute atomic E-state index is 12.4. The zero-order valence-corrected chi connectivity index (χ0v) is 15.2. The van der Waals surface area contributed by atoms with Crippen LogP contribution in [0.2, 0.25) is 0 Å². The Hall–Kier alpha value is -2.83. The van der Waals surface area contributed by atoms with Crippen LogP contribution in [0.15, 0.2) is 39.5 Å². The van der Waals surface area contributed by atoms with Crippen LogP contribution in [0.1, 0.15) is 37.7 Å². The van der Waals surface area contributed by atoms with E-state index in [1.165, 1.54) is 6.07 Å². The summed E-state index contributed by atoms with van der Waals surface area (Å²) >= 11 is 0. The van der Waals surface area contributed by atoms with Gasteiger partial charge in [-0.05, 0) is 31.4 Å². The predicted molar refractivity (Wildman–Crippen MR) is 98.2 cm³/mol. The Morgan fingerprint density at radius 3 is 2.65 bits per heavy atom. The predicted octanol–water partition coefficient (Wildman–Crippen LogP) is 2.68. The number of nitrogens with one attached hydrogen (secondary N) is 2. The molecular weight excluding hydrogens is 336 g/mol. The third-order valence-corrected chi connectivity index (χ3v) is 3.72. The minimum Gasteiger partial charge on any atom is -0.451 e. The van der Waals surface area contributed by atoms with Gasteiger partial charge in [-0.15, -0.1) is 0 Å². The van der Waals surface area contributed by atoms with E-state index in [1.54, 1.807) is 31.2 Å². The second-order valence-electron chi connectivity index (χ2n) is 6.37. The zero-order chi connectivity index (χ0) is 19.1. The van der Waals surface area contributed by atoms with Crippen LogP contribution < -0.4 is 16.1 Å². The normalized spacial score (nSPS) is 12.0. The summed E-state index contributed by atoms with van der Waals surface area (Å²) < 4.78 is 10.4. The van der Waals surface area contributed by atoms with Crippen LogP contribution in [0, 0.1) is 5.92 Å². The molecule has 1 unspecified atom stereocenters. The molecule has 2 rings (SSSR count). The van der Waals surface area contributed by atoms with E-state index in [-0.39, 0.29) is 30.4 Å². The number of para-hydroxylation sites is 1. The molecule has 1 heterocycles. The summed E-state index contributed by atoms with van der Waals surface area (Å²) in [6.45, 7) is 6.23. The molecule has 7 nitrogen and oxygen atoms in total. The van der Waals surface area contributed by atoms with Gasteiger partial charge in [-0.3, -0.25) is 9.59 Å². The van der Waals surface area contributed by atoms with Gasteiger partial charge in [0.1, 0.15) is 5.58 Å². The SMILES string of the molecule is CCOC(=O)NC(CNC(=O)c1cc(=O)c2ccccc2o1)CC(C)C. The molecule has 0 saturated carbocycles. The summed E-state index contributed by atoms with van der Waals surface area (Å²) in [6.07, 6.45) is 0.144. The first kappa shape index (κ1) is 19.5. The lowest BCUT2D eigenvalue weighted by Crippen LogP contribution is -2.44. The van der Waals surface area contributed by atoms with Crippen LogP contribution in [-0.2, 0) is 4.74 Å². The fraction of sp³-hybridized carbons (Fsp3) is 0.421. The standard InChI is InChI=1S/C19H24N2O5/c1-4-25-19(24)21-13(9-12(2)3)11-20-18(23)17-10-15(22)14-7-5-6-8-16(14)26-17/h5-8,10,12-13H,4,9,11H2,1-3H3,(H,20,23)(H,21,24). The number of ether oxygens (including phenoxy) is 1. The maximum Gasteiger partial charge on any atom is 0.407 e. The first-order valence-electron chi connectivity index (χ1n) is 8.65. The van der Waals surface area contributed by atoms with Gasteiger partial charge >= 0.3 is 6.09 Å². The number of carbonyl (C=O) groups excluding carboxylic acids is 2. The molecule has 1 atom stereocenters. The second kappa shape index (κ2) is 9.03. The number of fused-ring (bicyclic) bond motifs is 1. The molecule has 1 aromatic heterocycles. The highest BCUT2D eigenvalue weighted by atomic mass is 16.5. The highest BCUT2D eigenvalue weighted by molar-refractivity contribution is 5.93. The molecule has 7 heteroatoms. The summed E-state index contributed by atoms with van der Waals surface area (Å²) in [5, 5.41) is 5.85. The molecule has 0 aliphatic rings. The Bertz CT molecular complexity index is 828. The summed E-state index contributed by atoms with van der Waals surface area (Å²) in [6, 6.07) is 7.63. The number of alkyl carbamates (subject to hydrolysis) is 1. The van der Waals surface area contributed by atoms with Crippen molar-refractivity contribution in [2.45, 2.75) is 33.2 Å². The molecule has 140 valence electrons. The largest absolute Gasteiger partial charge is 0.451 e. The van der Waals surface area contributed by atoms with Crippen molar-refractivity contribution >= 4 is 23.0 Å². The zero-order valence-electron chi connectivity index (χ0n) is 15.2. The molecule has 0 aliphatic heterocycles. The molecular formula is C19H24N2O5. The van der Waals surface area contributed by atoms with Gasteiger partial charge in [0.25, 0.3) is 5.91 Å². The third kappa shape index (κ3) is 5.34. The van der Waals surface area contributed by atoms with E-state index in [0.29, 0.717) is 23.3 Å². The Labute approximate surface area is 151 Å². The molecule has 26 heavy (non-hydrogen) atoms. The van der Waals surface area contributed by atoms with E-state index in [0.717, 1.165) is 0 Å². The fourth-order valence-electron chi connectivity index (χ4n) is 2.62. The number of amides is 2. The monoisotopic (exact) mass is 360 g/mol. The van der Waals surface area contributed by atoms with E-state index in [4.69, 9.17) is 9.15 Å². The van der Waals surface area contributed by atoms with Gasteiger partial charge in [0, 0.05) is 18.7 Å². The number of hydrogen-bond acceptors (Lipinski definition) is 5. The highest BCUT2D eigenvalue weighted by Crippen LogP contribution is 2.12. The minimum atomic E-state index is -0.523. The summed E-state index contributed by atoms with van der Waals surface area (Å²) in [5.74, 6) is -0.252. The van der Waals surface area contributed by atoms with Crippen molar-refractivity contribution in [3.63, 3.8) is 0 Å². The third-order valence-electron chi connectivity index (χ3n) is 3.72. The van der Waals surface area contributed by atoms with E-state index in [1.807, 2.05) is 13.8 Å². The molecule has 0 radical (unpaired) electrons. The Morgan fingerprint density at radius 2 is 1.96 bits per heavy atom. The van der Waals surface area contributed by atoms with Crippen molar-refractivity contribution in [1.29, 1.82) is 0 Å². The quantitative estimate of drug-likeness (QED) is 0.791. The molecule has 0 fully saturated rings.